The molecule has 2 aliphatic rings. The van der Waals surface area contributed by atoms with Crippen molar-refractivity contribution >= 4 is 0 Å². The lowest BCUT2D eigenvalue weighted by Crippen LogP contribution is -2.44. The summed E-state index contributed by atoms with van der Waals surface area (Å²) >= 11 is 0. The predicted octanol–water partition coefficient (Wildman–Crippen LogP) is 2.31. The van der Waals surface area contributed by atoms with Gasteiger partial charge in [-0.2, -0.15) is 13.2 Å². The molecule has 4 nitrogen and oxygen atoms in total. The first kappa shape index (κ1) is 16.4. The molecule has 0 aliphatic carbocycles. The van der Waals surface area contributed by atoms with E-state index in [1.54, 1.807) is 0 Å². The molecule has 1 aromatic carbocycles. The molecule has 2 aliphatic heterocycles. The van der Waals surface area contributed by atoms with Crippen LogP contribution in [-0.4, -0.2) is 50.8 Å². The van der Waals surface area contributed by atoms with E-state index in [1.165, 1.54) is 6.07 Å². The quantitative estimate of drug-likeness (QED) is 0.922. The Kier molecular flexibility index (Phi) is 4.96. The molecule has 7 heteroatoms. The molecule has 1 aromatic rings. The minimum atomic E-state index is -4.44. The molecule has 1 N–H and O–H groups in total. The van der Waals surface area contributed by atoms with E-state index in [0.717, 1.165) is 44.4 Å². The molecule has 0 radical (unpaired) electrons. The van der Waals surface area contributed by atoms with Crippen LogP contribution in [0, 0.1) is 0 Å². The fourth-order valence-corrected chi connectivity index (χ4v) is 2.95. The van der Waals surface area contributed by atoms with E-state index in [4.69, 9.17) is 9.47 Å². The maximum Gasteiger partial charge on any atom is 0.420 e. The Hall–Kier alpha value is -1.47. The molecule has 1 saturated heterocycles. The number of alkyl halides is 3. The topological polar surface area (TPSA) is 33.7 Å². The first-order valence-corrected chi connectivity index (χ1v) is 7.97. The van der Waals surface area contributed by atoms with E-state index >= 15 is 0 Å². The largest absolute Gasteiger partial charge is 0.489 e. The van der Waals surface area contributed by atoms with Crippen LogP contribution >= 0.6 is 0 Å². The lowest BCUT2D eigenvalue weighted by Gasteiger charge is -2.27. The number of ether oxygens (including phenoxy) is 2. The Balaban J connectivity index is 1.82. The zero-order chi connectivity index (χ0) is 16.3. The maximum absolute atomic E-state index is 13.2. The maximum atomic E-state index is 13.2. The highest BCUT2D eigenvalue weighted by Crippen LogP contribution is 2.44. The van der Waals surface area contributed by atoms with Crippen molar-refractivity contribution in [3.8, 4) is 11.5 Å². The number of hydrogen-bond donors (Lipinski definition) is 1. The highest BCUT2D eigenvalue weighted by atomic mass is 19.4. The number of benzene rings is 1. The first-order chi connectivity index (χ1) is 11.1. The summed E-state index contributed by atoms with van der Waals surface area (Å²) < 4.78 is 50.5. The molecule has 23 heavy (non-hydrogen) atoms. The summed E-state index contributed by atoms with van der Waals surface area (Å²) in [4.78, 5) is 2.30. The zero-order valence-corrected chi connectivity index (χ0v) is 12.9. The van der Waals surface area contributed by atoms with Gasteiger partial charge in [0.25, 0.3) is 0 Å². The van der Waals surface area contributed by atoms with Gasteiger partial charge in [-0.3, -0.25) is 0 Å². The van der Waals surface area contributed by atoms with E-state index in [1.807, 2.05) is 0 Å². The molecule has 1 fully saturated rings. The SMILES string of the molecule is FC(F)(F)c1ccc(CCN2CCNCC2)c2c1OCCCO2. The van der Waals surface area contributed by atoms with Gasteiger partial charge in [-0.25, -0.2) is 0 Å². The van der Waals surface area contributed by atoms with Crippen LogP contribution in [0.25, 0.3) is 0 Å². The van der Waals surface area contributed by atoms with Crippen LogP contribution in [0.2, 0.25) is 0 Å². The third-order valence-electron chi connectivity index (χ3n) is 4.19. The number of halogens is 3. The van der Waals surface area contributed by atoms with Crippen molar-refractivity contribution in [3.63, 3.8) is 0 Å². The second-order valence-corrected chi connectivity index (χ2v) is 5.82. The third-order valence-corrected chi connectivity index (χ3v) is 4.19. The van der Waals surface area contributed by atoms with Gasteiger partial charge in [0.1, 0.15) is 5.56 Å². The first-order valence-electron chi connectivity index (χ1n) is 7.97. The average molecular weight is 330 g/mol. The van der Waals surface area contributed by atoms with Gasteiger partial charge in [-0.15, -0.1) is 0 Å². The molecule has 0 saturated carbocycles. The van der Waals surface area contributed by atoms with Gasteiger partial charge in [0, 0.05) is 39.1 Å². The smallest absolute Gasteiger partial charge is 0.420 e. The Morgan fingerprint density at radius 1 is 1.04 bits per heavy atom. The standard InChI is InChI=1S/C16H21F3N2O2/c17-16(18,19)13-3-2-12(4-7-21-8-5-20-6-9-21)14-15(13)23-11-1-10-22-14/h2-3,20H,1,4-11H2. The fraction of sp³-hybridized carbons (Fsp3) is 0.625. The Morgan fingerprint density at radius 2 is 1.74 bits per heavy atom. The van der Waals surface area contributed by atoms with Crippen LogP contribution < -0.4 is 14.8 Å². The molecule has 0 aromatic heterocycles. The molecule has 0 spiro atoms. The van der Waals surface area contributed by atoms with Crippen LogP contribution in [-0.2, 0) is 12.6 Å². The number of hydrogen-bond acceptors (Lipinski definition) is 4. The highest BCUT2D eigenvalue weighted by molar-refractivity contribution is 5.53. The third kappa shape index (κ3) is 3.90. The second kappa shape index (κ2) is 6.97. The highest BCUT2D eigenvalue weighted by Gasteiger charge is 2.37. The monoisotopic (exact) mass is 330 g/mol. The van der Waals surface area contributed by atoms with Crippen LogP contribution in [0.3, 0.4) is 0 Å². The van der Waals surface area contributed by atoms with E-state index in [-0.39, 0.29) is 18.1 Å². The van der Waals surface area contributed by atoms with Crippen molar-refractivity contribution in [2.24, 2.45) is 0 Å². The Labute approximate surface area is 133 Å². The molecule has 0 bridgehead atoms. The van der Waals surface area contributed by atoms with Crippen LogP contribution in [0.4, 0.5) is 13.2 Å². The summed E-state index contributed by atoms with van der Waals surface area (Å²) in [6.45, 7) is 5.25. The molecule has 0 amide bonds. The van der Waals surface area contributed by atoms with Gasteiger partial charge in [0.15, 0.2) is 11.5 Å². The van der Waals surface area contributed by atoms with Gasteiger partial charge in [-0.1, -0.05) is 6.07 Å². The van der Waals surface area contributed by atoms with E-state index in [9.17, 15) is 13.2 Å². The number of piperazine rings is 1. The van der Waals surface area contributed by atoms with E-state index in [2.05, 4.69) is 10.2 Å². The van der Waals surface area contributed by atoms with Gasteiger partial charge in [-0.05, 0) is 18.1 Å². The molecule has 2 heterocycles. The minimum absolute atomic E-state index is 0.146. The summed E-state index contributed by atoms with van der Waals surface area (Å²) in [7, 11) is 0. The van der Waals surface area contributed by atoms with Crippen molar-refractivity contribution < 1.29 is 22.6 Å². The van der Waals surface area contributed by atoms with Crippen molar-refractivity contribution in [1.29, 1.82) is 0 Å². The summed E-state index contributed by atoms with van der Waals surface area (Å²) in [6, 6.07) is 2.64. The van der Waals surface area contributed by atoms with Gasteiger partial charge in [0.05, 0.1) is 13.2 Å². The number of rotatable bonds is 3. The lowest BCUT2D eigenvalue weighted by atomic mass is 10.0. The van der Waals surface area contributed by atoms with Gasteiger partial charge in [0.2, 0.25) is 0 Å². The van der Waals surface area contributed by atoms with Crippen molar-refractivity contribution in [3.05, 3.63) is 23.3 Å². The Bertz CT molecular complexity index is 543. The lowest BCUT2D eigenvalue weighted by molar-refractivity contribution is -0.139. The van der Waals surface area contributed by atoms with Crippen LogP contribution in [0.5, 0.6) is 11.5 Å². The summed E-state index contributed by atoms with van der Waals surface area (Å²) in [5, 5.41) is 3.28. The zero-order valence-electron chi connectivity index (χ0n) is 12.9. The molecular weight excluding hydrogens is 309 g/mol. The molecule has 0 unspecified atom stereocenters. The molecular formula is C16H21F3N2O2. The van der Waals surface area contributed by atoms with Gasteiger partial charge >= 0.3 is 6.18 Å². The van der Waals surface area contributed by atoms with Crippen LogP contribution in [0.1, 0.15) is 17.5 Å². The Morgan fingerprint density at radius 3 is 2.43 bits per heavy atom. The predicted molar refractivity (Wildman–Crippen MR) is 80.1 cm³/mol. The van der Waals surface area contributed by atoms with Crippen molar-refractivity contribution in [1.82, 2.24) is 10.2 Å². The van der Waals surface area contributed by atoms with E-state index in [0.29, 0.717) is 19.4 Å². The molecule has 128 valence electrons. The average Bonchev–Trinajstić information content (AvgIpc) is 2.78. The number of nitrogens with zero attached hydrogens (tertiary/aromatic N) is 1. The summed E-state index contributed by atoms with van der Waals surface area (Å²) in [5.74, 6) is 0.125. The molecule has 3 rings (SSSR count). The van der Waals surface area contributed by atoms with Crippen molar-refractivity contribution in [2.45, 2.75) is 19.0 Å². The number of fused-ring (bicyclic) bond motifs is 1. The van der Waals surface area contributed by atoms with Crippen LogP contribution in [0.15, 0.2) is 12.1 Å². The minimum Gasteiger partial charge on any atom is -0.489 e. The summed E-state index contributed by atoms with van der Waals surface area (Å²) in [5.41, 5.74) is 0.0359. The number of nitrogens with one attached hydrogen (secondary N) is 1. The van der Waals surface area contributed by atoms with Crippen molar-refractivity contribution in [2.75, 3.05) is 45.9 Å². The van der Waals surface area contributed by atoms with E-state index < -0.39 is 11.7 Å². The normalized spacial score (nSPS) is 19.4. The fourth-order valence-electron chi connectivity index (χ4n) is 2.95. The van der Waals surface area contributed by atoms with Gasteiger partial charge < -0.3 is 19.7 Å². The summed E-state index contributed by atoms with van der Waals surface area (Å²) in [6.07, 6.45) is -3.19. The molecule has 0 atom stereocenters. The second-order valence-electron chi connectivity index (χ2n) is 5.82.